The number of aliphatic hydroxyl groups is 1. The van der Waals surface area contributed by atoms with E-state index in [4.69, 9.17) is 8.94 Å². The lowest BCUT2D eigenvalue weighted by Crippen LogP contribution is -2.49. The van der Waals surface area contributed by atoms with E-state index in [2.05, 4.69) is 12.1 Å². The zero-order chi connectivity index (χ0) is 14.8. The van der Waals surface area contributed by atoms with Crippen molar-refractivity contribution >= 4 is 5.91 Å². The third-order valence-corrected chi connectivity index (χ3v) is 4.06. The number of carbonyl (C=O) groups is 1. The Balaban J connectivity index is 1.81. The number of carbonyl (C=O) groups excluding carboxylic acids is 1. The van der Waals surface area contributed by atoms with Crippen LogP contribution in [0.5, 0.6) is 0 Å². The number of hydrogen-bond donors (Lipinski definition) is 1. The van der Waals surface area contributed by atoms with Crippen molar-refractivity contribution < 1.29 is 18.8 Å². The Kier molecular flexibility index (Phi) is 3.79. The van der Waals surface area contributed by atoms with Crippen molar-refractivity contribution in [2.45, 2.75) is 25.8 Å². The van der Waals surface area contributed by atoms with E-state index in [0.717, 1.165) is 12.8 Å². The Bertz CT molecular complexity index is 605. The van der Waals surface area contributed by atoms with Crippen LogP contribution >= 0.6 is 0 Å². The maximum absolute atomic E-state index is 12.6. The summed E-state index contributed by atoms with van der Waals surface area (Å²) in [5.74, 6) is 1.03. The number of rotatable bonds is 3. The second-order valence-electron chi connectivity index (χ2n) is 5.42. The molecule has 112 valence electrons. The fourth-order valence-corrected chi connectivity index (χ4v) is 2.84. The van der Waals surface area contributed by atoms with E-state index in [-0.39, 0.29) is 30.2 Å². The van der Waals surface area contributed by atoms with Crippen LogP contribution in [0.3, 0.4) is 0 Å². The standard InChI is InChI=1S/C15H18N2O4/c1-10-4-2-6-17(12(10)9-18)15(19)11-8-14(21-16-11)13-5-3-7-20-13/h3,5,7-8,10,12,18H,2,4,6,9H2,1H3. The first-order valence-electron chi connectivity index (χ1n) is 7.13. The molecule has 21 heavy (non-hydrogen) atoms. The second-order valence-corrected chi connectivity index (χ2v) is 5.42. The van der Waals surface area contributed by atoms with Crippen molar-refractivity contribution in [1.29, 1.82) is 0 Å². The molecule has 6 nitrogen and oxygen atoms in total. The number of nitrogens with zero attached hydrogens (tertiary/aromatic N) is 2. The van der Waals surface area contributed by atoms with Crippen LogP contribution in [0.25, 0.3) is 11.5 Å². The van der Waals surface area contributed by atoms with Gasteiger partial charge < -0.3 is 18.9 Å². The molecule has 0 bridgehead atoms. The molecule has 2 aromatic heterocycles. The van der Waals surface area contributed by atoms with Gasteiger partial charge in [0.1, 0.15) is 0 Å². The zero-order valence-corrected chi connectivity index (χ0v) is 11.9. The summed E-state index contributed by atoms with van der Waals surface area (Å²) in [7, 11) is 0. The Morgan fingerprint density at radius 1 is 1.52 bits per heavy atom. The van der Waals surface area contributed by atoms with Crippen molar-refractivity contribution in [3.63, 3.8) is 0 Å². The minimum atomic E-state index is -0.206. The summed E-state index contributed by atoms with van der Waals surface area (Å²) in [4.78, 5) is 14.3. The Morgan fingerprint density at radius 2 is 2.38 bits per heavy atom. The van der Waals surface area contributed by atoms with Crippen LogP contribution in [0.2, 0.25) is 0 Å². The normalized spacial score (nSPS) is 22.5. The minimum absolute atomic E-state index is 0.0319. The van der Waals surface area contributed by atoms with E-state index in [0.29, 0.717) is 18.1 Å². The average Bonchev–Trinajstić information content (AvgIpc) is 3.16. The highest BCUT2D eigenvalue weighted by Gasteiger charge is 2.33. The van der Waals surface area contributed by atoms with Crippen molar-refractivity contribution in [2.24, 2.45) is 5.92 Å². The van der Waals surface area contributed by atoms with Gasteiger partial charge in [-0.05, 0) is 30.9 Å². The van der Waals surface area contributed by atoms with Gasteiger partial charge in [0, 0.05) is 12.6 Å². The van der Waals surface area contributed by atoms with E-state index in [9.17, 15) is 9.90 Å². The maximum atomic E-state index is 12.6. The number of aromatic nitrogens is 1. The number of amides is 1. The van der Waals surface area contributed by atoms with E-state index in [1.54, 1.807) is 23.1 Å². The fraction of sp³-hybridized carbons (Fsp3) is 0.467. The van der Waals surface area contributed by atoms with Gasteiger partial charge in [-0.15, -0.1) is 0 Å². The van der Waals surface area contributed by atoms with Gasteiger partial charge >= 0.3 is 0 Å². The lowest BCUT2D eigenvalue weighted by atomic mass is 9.91. The highest BCUT2D eigenvalue weighted by atomic mass is 16.5. The molecule has 1 aliphatic rings. The monoisotopic (exact) mass is 290 g/mol. The molecule has 2 aromatic rings. The molecule has 1 amide bonds. The number of likely N-dealkylation sites (tertiary alicyclic amines) is 1. The molecular formula is C15H18N2O4. The van der Waals surface area contributed by atoms with Gasteiger partial charge in [0.2, 0.25) is 5.76 Å². The average molecular weight is 290 g/mol. The van der Waals surface area contributed by atoms with Crippen LogP contribution in [-0.2, 0) is 0 Å². The largest absolute Gasteiger partial charge is 0.461 e. The first kappa shape index (κ1) is 13.9. The van der Waals surface area contributed by atoms with Crippen LogP contribution in [-0.4, -0.2) is 40.3 Å². The van der Waals surface area contributed by atoms with E-state index < -0.39 is 0 Å². The lowest BCUT2D eigenvalue weighted by molar-refractivity contribution is 0.0350. The lowest BCUT2D eigenvalue weighted by Gasteiger charge is -2.38. The number of aliphatic hydroxyl groups excluding tert-OH is 1. The Morgan fingerprint density at radius 3 is 3.10 bits per heavy atom. The van der Waals surface area contributed by atoms with Crippen LogP contribution in [0.4, 0.5) is 0 Å². The van der Waals surface area contributed by atoms with E-state index in [1.807, 2.05) is 0 Å². The first-order chi connectivity index (χ1) is 10.2. The SMILES string of the molecule is CC1CCCN(C(=O)c2cc(-c3ccco3)on2)C1CO. The first-order valence-corrected chi connectivity index (χ1v) is 7.13. The molecular weight excluding hydrogens is 272 g/mol. The summed E-state index contributed by atoms with van der Waals surface area (Å²) in [6.07, 6.45) is 3.49. The summed E-state index contributed by atoms with van der Waals surface area (Å²) in [6, 6.07) is 4.91. The Hall–Kier alpha value is -2.08. The summed E-state index contributed by atoms with van der Waals surface area (Å²) < 4.78 is 10.4. The molecule has 6 heteroatoms. The predicted molar refractivity (Wildman–Crippen MR) is 74.5 cm³/mol. The highest BCUT2D eigenvalue weighted by molar-refractivity contribution is 5.93. The third-order valence-electron chi connectivity index (χ3n) is 4.06. The summed E-state index contributed by atoms with van der Waals surface area (Å²) in [6.45, 7) is 2.66. The molecule has 0 saturated carbocycles. The molecule has 0 aromatic carbocycles. The van der Waals surface area contributed by atoms with Gasteiger partial charge in [0.15, 0.2) is 11.5 Å². The van der Waals surface area contributed by atoms with Crippen LogP contribution in [0, 0.1) is 5.92 Å². The summed E-state index contributed by atoms with van der Waals surface area (Å²) in [5, 5.41) is 13.4. The van der Waals surface area contributed by atoms with Gasteiger partial charge in [0.25, 0.3) is 5.91 Å². The quantitative estimate of drug-likeness (QED) is 0.937. The molecule has 1 N–H and O–H groups in total. The Labute approximate surface area is 122 Å². The molecule has 3 rings (SSSR count). The van der Waals surface area contributed by atoms with Gasteiger partial charge in [0.05, 0.1) is 18.9 Å². The molecule has 2 atom stereocenters. The van der Waals surface area contributed by atoms with Gasteiger partial charge in [-0.2, -0.15) is 0 Å². The van der Waals surface area contributed by atoms with E-state index in [1.165, 1.54) is 6.26 Å². The van der Waals surface area contributed by atoms with Crippen molar-refractivity contribution in [1.82, 2.24) is 10.1 Å². The molecule has 1 aliphatic heterocycles. The van der Waals surface area contributed by atoms with Crippen LogP contribution < -0.4 is 0 Å². The highest BCUT2D eigenvalue weighted by Crippen LogP contribution is 2.26. The van der Waals surface area contributed by atoms with Crippen LogP contribution in [0.1, 0.15) is 30.3 Å². The van der Waals surface area contributed by atoms with Gasteiger partial charge in [-0.3, -0.25) is 4.79 Å². The molecule has 0 spiro atoms. The van der Waals surface area contributed by atoms with Crippen molar-refractivity contribution in [3.05, 3.63) is 30.2 Å². The number of hydrogen-bond acceptors (Lipinski definition) is 5. The van der Waals surface area contributed by atoms with Crippen molar-refractivity contribution in [2.75, 3.05) is 13.2 Å². The molecule has 1 fully saturated rings. The fourth-order valence-electron chi connectivity index (χ4n) is 2.84. The second kappa shape index (κ2) is 5.73. The zero-order valence-electron chi connectivity index (χ0n) is 11.9. The molecule has 3 heterocycles. The summed E-state index contributed by atoms with van der Waals surface area (Å²) in [5.41, 5.74) is 0.244. The molecule has 2 unspecified atom stereocenters. The smallest absolute Gasteiger partial charge is 0.276 e. The van der Waals surface area contributed by atoms with Crippen LogP contribution in [0.15, 0.2) is 33.4 Å². The van der Waals surface area contributed by atoms with E-state index >= 15 is 0 Å². The molecule has 0 radical (unpaired) electrons. The number of piperidine rings is 1. The third kappa shape index (κ3) is 2.58. The van der Waals surface area contributed by atoms with Crippen molar-refractivity contribution in [3.8, 4) is 11.5 Å². The van der Waals surface area contributed by atoms with Gasteiger partial charge in [-0.1, -0.05) is 12.1 Å². The topological polar surface area (TPSA) is 79.7 Å². The predicted octanol–water partition coefficient (Wildman–Crippen LogP) is 2.17. The summed E-state index contributed by atoms with van der Waals surface area (Å²) >= 11 is 0. The van der Waals surface area contributed by atoms with Gasteiger partial charge in [-0.25, -0.2) is 0 Å². The number of furan rings is 1. The maximum Gasteiger partial charge on any atom is 0.276 e. The molecule has 0 aliphatic carbocycles. The molecule has 1 saturated heterocycles. The minimum Gasteiger partial charge on any atom is -0.461 e.